The Balaban J connectivity index is 3.60. The Labute approximate surface area is 67.3 Å². The lowest BCUT2D eigenvalue weighted by Crippen LogP contribution is -2.13. The van der Waals surface area contributed by atoms with E-state index in [-0.39, 0.29) is 12.8 Å². The zero-order chi connectivity index (χ0) is 8.74. The molecule has 0 heterocycles. The molecule has 0 bridgehead atoms. The number of rotatable bonds is 5. The van der Waals surface area contributed by atoms with Crippen LogP contribution in [0.3, 0.4) is 0 Å². The molecule has 0 aliphatic heterocycles. The zero-order valence-electron chi connectivity index (χ0n) is 7.24. The Morgan fingerprint density at radius 3 is 2.45 bits per heavy atom. The normalized spacial score (nSPS) is 12.7. The average molecular weight is 162 g/mol. The summed E-state index contributed by atoms with van der Waals surface area (Å²) < 4.78 is 25.5. The summed E-state index contributed by atoms with van der Waals surface area (Å²) in [5.74, 6) is -2.48. The standard InChI is InChI=1S/C9H16F2/c1-3-5-7-9(10,11)8-6-4-2/h3,5H,4,6-8H2,1-2H3. The molecule has 0 aromatic rings. The van der Waals surface area contributed by atoms with Gasteiger partial charge in [0.25, 0.3) is 5.92 Å². The van der Waals surface area contributed by atoms with Crippen LogP contribution in [0.2, 0.25) is 0 Å². The van der Waals surface area contributed by atoms with Crippen molar-refractivity contribution in [3.63, 3.8) is 0 Å². The number of allylic oxidation sites excluding steroid dienone is 2. The Bertz CT molecular complexity index is 117. The molecule has 11 heavy (non-hydrogen) atoms. The third kappa shape index (κ3) is 6.02. The van der Waals surface area contributed by atoms with Crippen LogP contribution in [0.15, 0.2) is 12.2 Å². The number of halogens is 2. The van der Waals surface area contributed by atoms with Crippen LogP contribution < -0.4 is 0 Å². The van der Waals surface area contributed by atoms with Gasteiger partial charge in [-0.05, 0) is 13.3 Å². The van der Waals surface area contributed by atoms with Crippen LogP contribution in [0.1, 0.15) is 39.5 Å². The molecule has 2 heteroatoms. The highest BCUT2D eigenvalue weighted by Gasteiger charge is 2.25. The number of alkyl halides is 2. The first-order valence-electron chi connectivity index (χ1n) is 4.11. The van der Waals surface area contributed by atoms with Crippen molar-refractivity contribution >= 4 is 0 Å². The number of hydrogen-bond acceptors (Lipinski definition) is 0. The largest absolute Gasteiger partial charge is 0.251 e. The minimum atomic E-state index is -2.48. The summed E-state index contributed by atoms with van der Waals surface area (Å²) in [6.45, 7) is 3.68. The van der Waals surface area contributed by atoms with Crippen LogP contribution in [0.25, 0.3) is 0 Å². The van der Waals surface area contributed by atoms with Crippen LogP contribution >= 0.6 is 0 Å². The molecule has 0 N–H and O–H groups in total. The smallest absolute Gasteiger partial charge is 0.207 e. The maximum atomic E-state index is 12.7. The summed E-state index contributed by atoms with van der Waals surface area (Å²) in [5.41, 5.74) is 0. The Morgan fingerprint density at radius 2 is 2.00 bits per heavy atom. The van der Waals surface area contributed by atoms with Crippen LogP contribution in [0.5, 0.6) is 0 Å². The van der Waals surface area contributed by atoms with Gasteiger partial charge in [0.15, 0.2) is 0 Å². The van der Waals surface area contributed by atoms with Crippen molar-refractivity contribution in [2.75, 3.05) is 0 Å². The topological polar surface area (TPSA) is 0 Å². The third-order valence-corrected chi connectivity index (χ3v) is 1.55. The van der Waals surface area contributed by atoms with Crippen LogP contribution in [0.4, 0.5) is 8.78 Å². The SMILES string of the molecule is CC=CCC(F)(F)CCCC. The van der Waals surface area contributed by atoms with Crippen LogP contribution in [-0.2, 0) is 0 Å². The van der Waals surface area contributed by atoms with Gasteiger partial charge in [-0.1, -0.05) is 25.5 Å². The lowest BCUT2D eigenvalue weighted by Gasteiger charge is -2.12. The van der Waals surface area contributed by atoms with E-state index in [1.54, 1.807) is 13.0 Å². The molecule has 0 aliphatic rings. The molecule has 66 valence electrons. The molecule has 0 spiro atoms. The second kappa shape index (κ2) is 5.28. The second-order valence-corrected chi connectivity index (χ2v) is 2.73. The average Bonchev–Trinajstić information content (AvgIpc) is 1.97. The predicted molar refractivity (Wildman–Crippen MR) is 43.9 cm³/mol. The van der Waals surface area contributed by atoms with E-state index in [1.807, 2.05) is 6.92 Å². The van der Waals surface area contributed by atoms with E-state index in [9.17, 15) is 8.78 Å². The predicted octanol–water partition coefficient (Wildman–Crippen LogP) is 3.78. The summed E-state index contributed by atoms with van der Waals surface area (Å²) in [4.78, 5) is 0. The fraction of sp³-hybridized carbons (Fsp3) is 0.778. The second-order valence-electron chi connectivity index (χ2n) is 2.73. The highest BCUT2D eigenvalue weighted by molar-refractivity contribution is 4.84. The van der Waals surface area contributed by atoms with E-state index >= 15 is 0 Å². The van der Waals surface area contributed by atoms with Crippen molar-refractivity contribution < 1.29 is 8.78 Å². The molecule has 0 aromatic carbocycles. The van der Waals surface area contributed by atoms with Gasteiger partial charge in [-0.15, -0.1) is 0 Å². The van der Waals surface area contributed by atoms with Crippen molar-refractivity contribution in [1.29, 1.82) is 0 Å². The van der Waals surface area contributed by atoms with Gasteiger partial charge in [-0.3, -0.25) is 0 Å². The highest BCUT2D eigenvalue weighted by atomic mass is 19.3. The van der Waals surface area contributed by atoms with Crippen LogP contribution in [-0.4, -0.2) is 5.92 Å². The molecule has 0 aliphatic carbocycles. The van der Waals surface area contributed by atoms with E-state index < -0.39 is 5.92 Å². The van der Waals surface area contributed by atoms with E-state index in [2.05, 4.69) is 0 Å². The molecule has 0 rings (SSSR count). The number of hydrogen-bond donors (Lipinski definition) is 0. The Morgan fingerprint density at radius 1 is 1.36 bits per heavy atom. The van der Waals surface area contributed by atoms with Crippen molar-refractivity contribution in [3.05, 3.63) is 12.2 Å². The monoisotopic (exact) mass is 162 g/mol. The molecule has 0 nitrogen and oxygen atoms in total. The van der Waals surface area contributed by atoms with Crippen LogP contribution in [0, 0.1) is 0 Å². The first-order chi connectivity index (χ1) is 5.12. The van der Waals surface area contributed by atoms with Gasteiger partial charge in [0.1, 0.15) is 0 Å². The van der Waals surface area contributed by atoms with E-state index in [1.165, 1.54) is 6.08 Å². The van der Waals surface area contributed by atoms with E-state index in [0.717, 1.165) is 6.42 Å². The van der Waals surface area contributed by atoms with Gasteiger partial charge >= 0.3 is 0 Å². The fourth-order valence-electron chi connectivity index (χ4n) is 0.828. The van der Waals surface area contributed by atoms with Gasteiger partial charge in [-0.25, -0.2) is 8.78 Å². The molecule has 0 saturated carbocycles. The van der Waals surface area contributed by atoms with Crippen molar-refractivity contribution in [2.45, 2.75) is 45.5 Å². The molecule has 0 atom stereocenters. The summed E-state index contributed by atoms with van der Waals surface area (Å²) in [7, 11) is 0. The molecule has 0 saturated heterocycles. The minimum Gasteiger partial charge on any atom is -0.207 e. The van der Waals surface area contributed by atoms with Gasteiger partial charge in [0.2, 0.25) is 0 Å². The summed E-state index contributed by atoms with van der Waals surface area (Å²) in [5, 5.41) is 0. The minimum absolute atomic E-state index is 0.0217. The molecular weight excluding hydrogens is 146 g/mol. The fourth-order valence-corrected chi connectivity index (χ4v) is 0.828. The maximum absolute atomic E-state index is 12.7. The summed E-state index contributed by atoms with van der Waals surface area (Å²) in [6.07, 6.45) is 4.56. The van der Waals surface area contributed by atoms with E-state index in [0.29, 0.717) is 6.42 Å². The van der Waals surface area contributed by atoms with Gasteiger partial charge in [-0.2, -0.15) is 0 Å². The maximum Gasteiger partial charge on any atom is 0.251 e. The van der Waals surface area contributed by atoms with Gasteiger partial charge < -0.3 is 0 Å². The summed E-state index contributed by atoms with van der Waals surface area (Å²) >= 11 is 0. The third-order valence-electron chi connectivity index (χ3n) is 1.55. The molecule has 0 radical (unpaired) electrons. The zero-order valence-corrected chi connectivity index (χ0v) is 7.24. The lowest BCUT2D eigenvalue weighted by molar-refractivity contribution is -0.00642. The Kier molecular flexibility index (Phi) is 5.08. The molecule has 0 aromatic heterocycles. The first kappa shape index (κ1) is 10.6. The molecule has 0 amide bonds. The van der Waals surface area contributed by atoms with Gasteiger partial charge in [0.05, 0.1) is 0 Å². The molecule has 0 unspecified atom stereocenters. The molecule has 0 fully saturated rings. The van der Waals surface area contributed by atoms with Crippen molar-refractivity contribution in [3.8, 4) is 0 Å². The molecular formula is C9H16F2. The summed E-state index contributed by atoms with van der Waals surface area (Å²) in [6, 6.07) is 0. The lowest BCUT2D eigenvalue weighted by atomic mass is 10.1. The van der Waals surface area contributed by atoms with E-state index in [4.69, 9.17) is 0 Å². The highest BCUT2D eigenvalue weighted by Crippen LogP contribution is 2.25. The van der Waals surface area contributed by atoms with Crippen molar-refractivity contribution in [1.82, 2.24) is 0 Å². The van der Waals surface area contributed by atoms with Crippen molar-refractivity contribution in [2.24, 2.45) is 0 Å². The number of unbranched alkanes of at least 4 members (excludes halogenated alkanes) is 1. The first-order valence-corrected chi connectivity index (χ1v) is 4.11. The quantitative estimate of drug-likeness (QED) is 0.540. The Hall–Kier alpha value is -0.400. The van der Waals surface area contributed by atoms with Gasteiger partial charge in [0, 0.05) is 12.8 Å².